The molecule has 17 rings (SSSR count). The SMILES string of the molecule is c1ccc(N2c3ccccc3B3c4cc5c(cc4N(c4ccccc4)c4c3c2cc2sc3ccccc3c42)Oc2cc3c(c4c2B5c2ccccc2N4c2ccccc2)c2ccccc2n3-c2ccccc2)cc1. The van der Waals surface area contributed by atoms with Gasteiger partial charge in [-0.1, -0.05) is 152 Å². The number of anilines is 9. The highest BCUT2D eigenvalue weighted by atomic mass is 32.1. The van der Waals surface area contributed by atoms with E-state index in [1.54, 1.807) is 0 Å². The first kappa shape index (κ1) is 40.4. The van der Waals surface area contributed by atoms with Gasteiger partial charge in [0.05, 0.1) is 22.4 Å². The second-order valence-corrected chi connectivity index (χ2v) is 21.0. The van der Waals surface area contributed by atoms with E-state index < -0.39 is 0 Å². The van der Waals surface area contributed by atoms with Crippen molar-refractivity contribution in [2.24, 2.45) is 0 Å². The number of fused-ring (bicyclic) bond motifs is 16. The van der Waals surface area contributed by atoms with Gasteiger partial charge in [0.2, 0.25) is 0 Å². The number of thiophene rings is 1. The minimum atomic E-state index is -0.137. The topological polar surface area (TPSA) is 23.9 Å². The predicted molar refractivity (Wildman–Crippen MR) is 314 cm³/mol. The summed E-state index contributed by atoms with van der Waals surface area (Å²) >= 11 is 1.88. The van der Waals surface area contributed by atoms with E-state index in [0.29, 0.717) is 0 Å². The van der Waals surface area contributed by atoms with Crippen LogP contribution in [0.3, 0.4) is 0 Å². The van der Waals surface area contributed by atoms with Crippen molar-refractivity contribution in [3.05, 3.63) is 243 Å². The average Bonchev–Trinajstić information content (AvgIpc) is 4.03. The van der Waals surface area contributed by atoms with Crippen LogP contribution in [0.4, 0.5) is 51.2 Å². The van der Waals surface area contributed by atoms with E-state index >= 15 is 0 Å². The van der Waals surface area contributed by atoms with Crippen LogP contribution in [0.25, 0.3) is 47.7 Å². The van der Waals surface area contributed by atoms with E-state index in [1.807, 2.05) is 11.3 Å². The summed E-state index contributed by atoms with van der Waals surface area (Å²) in [6.07, 6.45) is 0. The van der Waals surface area contributed by atoms with Crippen LogP contribution >= 0.6 is 11.3 Å². The first-order chi connectivity index (χ1) is 36.8. The third-order valence-corrected chi connectivity index (χ3v) is 17.3. The van der Waals surface area contributed by atoms with E-state index in [0.717, 1.165) is 56.7 Å². The molecule has 13 aromatic rings. The van der Waals surface area contributed by atoms with Crippen molar-refractivity contribution in [1.29, 1.82) is 0 Å². The molecule has 342 valence electrons. The van der Waals surface area contributed by atoms with Gasteiger partial charge < -0.3 is 24.0 Å². The lowest BCUT2D eigenvalue weighted by molar-refractivity contribution is 0.488. The summed E-state index contributed by atoms with van der Waals surface area (Å²) < 4.78 is 12.6. The van der Waals surface area contributed by atoms with Gasteiger partial charge in [-0.05, 0) is 112 Å². The van der Waals surface area contributed by atoms with Crippen molar-refractivity contribution in [1.82, 2.24) is 4.57 Å². The lowest BCUT2D eigenvalue weighted by atomic mass is 9.30. The molecule has 2 aromatic heterocycles. The average molecular weight is 959 g/mol. The molecule has 0 fully saturated rings. The Morgan fingerprint density at radius 3 is 1.54 bits per heavy atom. The van der Waals surface area contributed by atoms with Crippen LogP contribution in [0.2, 0.25) is 0 Å². The van der Waals surface area contributed by atoms with Crippen LogP contribution in [-0.4, -0.2) is 18.0 Å². The molecule has 0 saturated heterocycles. The van der Waals surface area contributed by atoms with Gasteiger partial charge in [0.1, 0.15) is 11.5 Å². The van der Waals surface area contributed by atoms with Crippen molar-refractivity contribution < 1.29 is 4.74 Å². The molecular formula is C66H40B2N4OS. The molecule has 0 spiro atoms. The van der Waals surface area contributed by atoms with Gasteiger partial charge in [-0.15, -0.1) is 11.3 Å². The summed E-state index contributed by atoms with van der Waals surface area (Å²) in [6, 6.07) is 89.5. The Morgan fingerprint density at radius 1 is 0.324 bits per heavy atom. The van der Waals surface area contributed by atoms with Gasteiger partial charge >= 0.3 is 0 Å². The van der Waals surface area contributed by atoms with E-state index in [2.05, 4.69) is 262 Å². The summed E-state index contributed by atoms with van der Waals surface area (Å²) in [6.45, 7) is -0.228. The molecule has 4 aliphatic heterocycles. The minimum absolute atomic E-state index is 0.0914. The van der Waals surface area contributed by atoms with Crippen molar-refractivity contribution in [3.63, 3.8) is 0 Å². The maximum Gasteiger partial charge on any atom is 0.256 e. The lowest BCUT2D eigenvalue weighted by Gasteiger charge is -2.45. The largest absolute Gasteiger partial charge is 0.458 e. The number of benzene rings is 11. The molecule has 74 heavy (non-hydrogen) atoms. The number of nitrogens with zero attached hydrogens (tertiary/aromatic N) is 4. The highest BCUT2D eigenvalue weighted by Crippen LogP contribution is 2.53. The van der Waals surface area contributed by atoms with Crippen molar-refractivity contribution in [2.75, 3.05) is 14.7 Å². The van der Waals surface area contributed by atoms with E-state index in [4.69, 9.17) is 4.74 Å². The molecule has 0 radical (unpaired) electrons. The molecule has 11 aromatic carbocycles. The Bertz CT molecular complexity index is 4500. The quantitative estimate of drug-likeness (QED) is 0.164. The third kappa shape index (κ3) is 5.39. The third-order valence-electron chi connectivity index (χ3n) is 16.1. The molecule has 5 nitrogen and oxygen atoms in total. The normalized spacial score (nSPS) is 13.6. The Labute approximate surface area is 432 Å². The monoisotopic (exact) mass is 958 g/mol. The van der Waals surface area contributed by atoms with Gasteiger partial charge in [-0.25, -0.2) is 0 Å². The fourth-order valence-corrected chi connectivity index (χ4v) is 14.5. The number of ether oxygens (including phenoxy) is 1. The first-order valence-corrected chi connectivity index (χ1v) is 26.3. The van der Waals surface area contributed by atoms with E-state index in [9.17, 15) is 0 Å². The van der Waals surface area contributed by atoms with Gasteiger partial charge in [-0.3, -0.25) is 0 Å². The van der Waals surface area contributed by atoms with Crippen LogP contribution in [0.15, 0.2) is 243 Å². The molecule has 0 bridgehead atoms. The zero-order valence-electron chi connectivity index (χ0n) is 39.9. The maximum absolute atomic E-state index is 7.68. The first-order valence-electron chi connectivity index (χ1n) is 25.5. The number of hydrogen-bond acceptors (Lipinski definition) is 5. The number of hydrogen-bond donors (Lipinski definition) is 0. The van der Waals surface area contributed by atoms with Crippen LogP contribution < -0.4 is 52.2 Å². The highest BCUT2D eigenvalue weighted by molar-refractivity contribution is 7.26. The summed E-state index contributed by atoms with van der Waals surface area (Å²) in [5.41, 5.74) is 21.3. The van der Waals surface area contributed by atoms with Gasteiger partial charge in [0, 0.05) is 88.6 Å². The van der Waals surface area contributed by atoms with Gasteiger partial charge in [0.25, 0.3) is 13.4 Å². The lowest BCUT2D eigenvalue weighted by Crippen LogP contribution is -2.64. The maximum atomic E-state index is 7.68. The standard InChI is InChI=1S/C66H40B2N4OS/c1-5-21-41(22-6-1)69-51-33-17-13-29-45(51)61-55(69)39-58-64-65(61)71(43-25-9-3-10-26-43)53-35-19-16-32-48(53)68(64)50-37-49-54(38-57(50)73-58)72(44-27-11-4-12-28-44)66-62-46-30-14-20-36-59(46)74-60(62)40-56-63(66)67(49)47-31-15-18-34-52(47)70(56)42-23-7-2-8-24-42/h1-40H. The van der Waals surface area contributed by atoms with E-state index in [-0.39, 0.29) is 13.4 Å². The zero-order chi connectivity index (χ0) is 48.2. The van der Waals surface area contributed by atoms with Crippen molar-refractivity contribution in [2.45, 2.75) is 0 Å². The van der Waals surface area contributed by atoms with Crippen LogP contribution in [0, 0.1) is 0 Å². The number of aromatic nitrogens is 1. The predicted octanol–water partition coefficient (Wildman–Crippen LogP) is 13.6. The van der Waals surface area contributed by atoms with Crippen LogP contribution in [-0.2, 0) is 0 Å². The highest BCUT2D eigenvalue weighted by Gasteiger charge is 2.49. The smallest absolute Gasteiger partial charge is 0.256 e. The molecule has 6 heterocycles. The second kappa shape index (κ2) is 15.2. The summed E-state index contributed by atoms with van der Waals surface area (Å²) in [5.74, 6) is 1.75. The van der Waals surface area contributed by atoms with Crippen molar-refractivity contribution >= 4 is 151 Å². The molecule has 0 saturated carbocycles. The molecule has 0 atom stereocenters. The fourth-order valence-electron chi connectivity index (χ4n) is 13.3. The zero-order valence-corrected chi connectivity index (χ0v) is 40.7. The molecule has 0 N–H and O–H groups in total. The molecule has 8 heteroatoms. The van der Waals surface area contributed by atoms with Crippen molar-refractivity contribution in [3.8, 4) is 17.2 Å². The molecule has 4 aliphatic rings. The Kier molecular flexibility index (Phi) is 8.27. The Morgan fingerprint density at radius 2 is 0.851 bits per heavy atom. The van der Waals surface area contributed by atoms with Gasteiger partial charge in [0.15, 0.2) is 0 Å². The van der Waals surface area contributed by atoms with Crippen LogP contribution in [0.5, 0.6) is 11.5 Å². The Hall–Kier alpha value is -9.23. The van der Waals surface area contributed by atoms with Gasteiger partial charge in [-0.2, -0.15) is 0 Å². The summed E-state index contributed by atoms with van der Waals surface area (Å²) in [4.78, 5) is 7.59. The number of para-hydroxylation sites is 7. The molecule has 0 amide bonds. The molecule has 0 unspecified atom stereocenters. The van der Waals surface area contributed by atoms with E-state index in [1.165, 1.54) is 86.5 Å². The molecular weight excluding hydrogens is 918 g/mol. The molecule has 0 aliphatic carbocycles. The Balaban J connectivity index is 1.01. The second-order valence-electron chi connectivity index (χ2n) is 19.9. The fraction of sp³-hybridized carbons (Fsp3) is 0. The minimum Gasteiger partial charge on any atom is -0.458 e. The van der Waals surface area contributed by atoms with Crippen LogP contribution in [0.1, 0.15) is 0 Å². The number of rotatable bonds is 4. The summed E-state index contributed by atoms with van der Waals surface area (Å²) in [7, 11) is 0. The summed E-state index contributed by atoms with van der Waals surface area (Å²) in [5, 5.41) is 4.97.